The molecule has 5 heteroatoms. The van der Waals surface area contributed by atoms with Crippen LogP contribution in [0.4, 0.5) is 0 Å². The van der Waals surface area contributed by atoms with Crippen LogP contribution in [-0.2, 0) is 16.1 Å². The van der Waals surface area contributed by atoms with Crippen LogP contribution in [0.1, 0.15) is 18.4 Å². The molecule has 0 atom stereocenters. The van der Waals surface area contributed by atoms with E-state index in [0.29, 0.717) is 26.1 Å². The third kappa shape index (κ3) is 5.33. The van der Waals surface area contributed by atoms with Gasteiger partial charge in [-0.05, 0) is 24.1 Å². The summed E-state index contributed by atoms with van der Waals surface area (Å²) in [6.45, 7) is 1.05. The number of carbonyl (C=O) groups excluding carboxylic acids is 1. The number of hydrogen-bond acceptors (Lipinski definition) is 4. The average molecular weight is 238 g/mol. The van der Waals surface area contributed by atoms with Crippen LogP contribution in [0.2, 0.25) is 0 Å². The van der Waals surface area contributed by atoms with Gasteiger partial charge in [-0.3, -0.25) is 10.2 Å². The zero-order valence-corrected chi connectivity index (χ0v) is 9.94. The van der Waals surface area contributed by atoms with E-state index in [9.17, 15) is 4.79 Å². The fourth-order valence-corrected chi connectivity index (χ4v) is 1.39. The summed E-state index contributed by atoms with van der Waals surface area (Å²) in [5.41, 5.74) is 3.14. The summed E-state index contributed by atoms with van der Waals surface area (Å²) in [6, 6.07) is 7.68. The fourth-order valence-electron chi connectivity index (χ4n) is 1.39. The molecule has 17 heavy (non-hydrogen) atoms. The minimum absolute atomic E-state index is 0.179. The van der Waals surface area contributed by atoms with Crippen molar-refractivity contribution < 1.29 is 14.3 Å². The predicted molar refractivity (Wildman–Crippen MR) is 64.2 cm³/mol. The quantitative estimate of drug-likeness (QED) is 0.321. The molecule has 0 saturated heterocycles. The number of ether oxygens (including phenoxy) is 2. The molecule has 0 bridgehead atoms. The van der Waals surface area contributed by atoms with Gasteiger partial charge >= 0.3 is 0 Å². The van der Waals surface area contributed by atoms with Crippen LogP contribution >= 0.6 is 0 Å². The first-order valence-corrected chi connectivity index (χ1v) is 5.46. The van der Waals surface area contributed by atoms with Crippen molar-refractivity contribution in [2.24, 2.45) is 5.84 Å². The Kier molecular flexibility index (Phi) is 6.06. The first-order chi connectivity index (χ1) is 8.26. The zero-order valence-electron chi connectivity index (χ0n) is 9.94. The molecular formula is C12H18N2O3. The van der Waals surface area contributed by atoms with E-state index in [1.54, 1.807) is 7.11 Å². The SMILES string of the molecule is COCc1cccc(OCCCC(=O)NN)c1. The molecule has 0 fully saturated rings. The van der Waals surface area contributed by atoms with Gasteiger partial charge in [0.25, 0.3) is 0 Å². The van der Waals surface area contributed by atoms with Crippen molar-refractivity contribution in [3.8, 4) is 5.75 Å². The lowest BCUT2D eigenvalue weighted by Crippen LogP contribution is -2.29. The van der Waals surface area contributed by atoms with Gasteiger partial charge in [-0.25, -0.2) is 5.84 Å². The zero-order chi connectivity index (χ0) is 12.5. The molecule has 0 aliphatic heterocycles. The van der Waals surface area contributed by atoms with Gasteiger partial charge in [0.15, 0.2) is 0 Å². The maximum absolute atomic E-state index is 10.9. The number of methoxy groups -OCH3 is 1. The number of nitrogens with two attached hydrogens (primary N) is 1. The summed E-state index contributed by atoms with van der Waals surface area (Å²) in [5, 5.41) is 0. The van der Waals surface area contributed by atoms with E-state index in [-0.39, 0.29) is 5.91 Å². The largest absolute Gasteiger partial charge is 0.494 e. The van der Waals surface area contributed by atoms with Gasteiger partial charge in [-0.1, -0.05) is 12.1 Å². The molecule has 0 spiro atoms. The van der Waals surface area contributed by atoms with Crippen molar-refractivity contribution in [2.75, 3.05) is 13.7 Å². The minimum atomic E-state index is -0.179. The predicted octanol–water partition coefficient (Wildman–Crippen LogP) is 0.982. The molecule has 1 rings (SSSR count). The van der Waals surface area contributed by atoms with Crippen LogP contribution in [0.3, 0.4) is 0 Å². The van der Waals surface area contributed by atoms with Crippen LogP contribution in [0.5, 0.6) is 5.75 Å². The number of hydrazine groups is 1. The molecule has 1 aromatic rings. The molecule has 0 aromatic heterocycles. The van der Waals surface area contributed by atoms with Crippen LogP contribution in [0.15, 0.2) is 24.3 Å². The van der Waals surface area contributed by atoms with Gasteiger partial charge < -0.3 is 9.47 Å². The highest BCUT2D eigenvalue weighted by Crippen LogP contribution is 2.14. The molecule has 0 aliphatic rings. The van der Waals surface area contributed by atoms with E-state index in [1.165, 1.54) is 0 Å². The molecule has 0 saturated carbocycles. The first-order valence-electron chi connectivity index (χ1n) is 5.46. The molecule has 1 aromatic carbocycles. The molecule has 0 radical (unpaired) electrons. The van der Waals surface area contributed by atoms with Crippen LogP contribution in [0, 0.1) is 0 Å². The Bertz CT molecular complexity index is 355. The molecule has 3 N–H and O–H groups in total. The number of benzene rings is 1. The normalized spacial score (nSPS) is 10.0. The first kappa shape index (κ1) is 13.5. The van der Waals surface area contributed by atoms with E-state index in [2.05, 4.69) is 5.43 Å². The molecular weight excluding hydrogens is 220 g/mol. The summed E-state index contributed by atoms with van der Waals surface area (Å²) in [5.74, 6) is 5.57. The summed E-state index contributed by atoms with van der Waals surface area (Å²) in [6.07, 6.45) is 1.01. The van der Waals surface area contributed by atoms with Crippen molar-refractivity contribution in [2.45, 2.75) is 19.4 Å². The van der Waals surface area contributed by atoms with E-state index in [1.807, 2.05) is 24.3 Å². The van der Waals surface area contributed by atoms with Crippen LogP contribution in [0.25, 0.3) is 0 Å². The lowest BCUT2D eigenvalue weighted by atomic mass is 10.2. The van der Waals surface area contributed by atoms with Crippen molar-refractivity contribution in [3.05, 3.63) is 29.8 Å². The average Bonchev–Trinajstić information content (AvgIpc) is 2.35. The molecule has 5 nitrogen and oxygen atoms in total. The molecule has 0 unspecified atom stereocenters. The summed E-state index contributed by atoms with van der Waals surface area (Å²) < 4.78 is 10.5. The Hall–Kier alpha value is -1.59. The highest BCUT2D eigenvalue weighted by molar-refractivity contribution is 5.75. The third-order valence-electron chi connectivity index (χ3n) is 2.19. The number of amides is 1. The van der Waals surface area contributed by atoms with Crippen molar-refractivity contribution in [1.82, 2.24) is 5.43 Å². The van der Waals surface area contributed by atoms with Crippen molar-refractivity contribution in [3.63, 3.8) is 0 Å². The molecule has 94 valence electrons. The number of rotatable bonds is 7. The van der Waals surface area contributed by atoms with Crippen molar-refractivity contribution >= 4 is 5.91 Å². The van der Waals surface area contributed by atoms with Gasteiger partial charge in [0.05, 0.1) is 13.2 Å². The maximum Gasteiger partial charge on any atom is 0.234 e. The van der Waals surface area contributed by atoms with Crippen LogP contribution in [-0.4, -0.2) is 19.6 Å². The highest BCUT2D eigenvalue weighted by Gasteiger charge is 1.99. The van der Waals surface area contributed by atoms with Gasteiger partial charge in [0.1, 0.15) is 5.75 Å². The number of carbonyl (C=O) groups is 1. The molecule has 0 heterocycles. The number of hydrogen-bond donors (Lipinski definition) is 2. The van der Waals surface area contributed by atoms with E-state index in [0.717, 1.165) is 11.3 Å². The standard InChI is InChI=1S/C12H18N2O3/c1-16-9-10-4-2-5-11(8-10)17-7-3-6-12(15)14-13/h2,4-5,8H,3,6-7,9,13H2,1H3,(H,14,15). The second-order valence-corrected chi connectivity index (χ2v) is 3.60. The topological polar surface area (TPSA) is 73.6 Å². The molecule has 1 amide bonds. The molecule has 0 aliphatic carbocycles. The lowest BCUT2D eigenvalue weighted by molar-refractivity contribution is -0.121. The van der Waals surface area contributed by atoms with Gasteiger partial charge in [-0.2, -0.15) is 0 Å². The second-order valence-electron chi connectivity index (χ2n) is 3.60. The summed E-state index contributed by atoms with van der Waals surface area (Å²) >= 11 is 0. The Morgan fingerprint density at radius 3 is 3.00 bits per heavy atom. The number of nitrogens with one attached hydrogen (secondary N) is 1. The third-order valence-corrected chi connectivity index (χ3v) is 2.19. The minimum Gasteiger partial charge on any atom is -0.494 e. The lowest BCUT2D eigenvalue weighted by Gasteiger charge is -2.07. The Balaban J connectivity index is 2.31. The summed E-state index contributed by atoms with van der Waals surface area (Å²) in [7, 11) is 1.65. The van der Waals surface area contributed by atoms with Gasteiger partial charge in [0.2, 0.25) is 5.91 Å². The van der Waals surface area contributed by atoms with E-state index < -0.39 is 0 Å². The summed E-state index contributed by atoms with van der Waals surface area (Å²) in [4.78, 5) is 10.9. The smallest absolute Gasteiger partial charge is 0.234 e. The Morgan fingerprint density at radius 2 is 2.29 bits per heavy atom. The second kappa shape index (κ2) is 7.65. The van der Waals surface area contributed by atoms with E-state index >= 15 is 0 Å². The Morgan fingerprint density at radius 1 is 1.47 bits per heavy atom. The maximum atomic E-state index is 10.9. The van der Waals surface area contributed by atoms with Gasteiger partial charge in [0, 0.05) is 13.5 Å². The monoisotopic (exact) mass is 238 g/mol. The Labute approximate surface area is 101 Å². The highest BCUT2D eigenvalue weighted by atomic mass is 16.5. The van der Waals surface area contributed by atoms with E-state index in [4.69, 9.17) is 15.3 Å². The van der Waals surface area contributed by atoms with Crippen molar-refractivity contribution in [1.29, 1.82) is 0 Å². The fraction of sp³-hybridized carbons (Fsp3) is 0.417. The van der Waals surface area contributed by atoms with Gasteiger partial charge in [-0.15, -0.1) is 0 Å². The van der Waals surface area contributed by atoms with Crippen LogP contribution < -0.4 is 16.0 Å².